The molecule has 7 N–H and O–H groups in total. The van der Waals surface area contributed by atoms with E-state index < -0.39 is 23.3 Å². The van der Waals surface area contributed by atoms with Gasteiger partial charge in [0.25, 0.3) is 5.91 Å². The average Bonchev–Trinajstić information content (AvgIpc) is 2.89. The molecule has 11 heteroatoms. The number of rotatable bonds is 14. The molecule has 0 saturated carbocycles. The van der Waals surface area contributed by atoms with Gasteiger partial charge < -0.3 is 31.6 Å². The van der Waals surface area contributed by atoms with E-state index in [-0.39, 0.29) is 17.5 Å². The van der Waals surface area contributed by atoms with Gasteiger partial charge in [0.1, 0.15) is 23.3 Å². The molecule has 0 spiro atoms. The predicted molar refractivity (Wildman–Crippen MR) is 150 cm³/mol. The first-order chi connectivity index (χ1) is 18.4. The minimum atomic E-state index is -0.944. The largest absolute Gasteiger partial charge is 0.494 e. The SMILES string of the molecule is COC(=O)C(NC(=O)C(=N)c1ccc(OCCCCCN=C(N)N)cc1NCc1ccc(F)cc1)C(C)(C)C. The van der Waals surface area contributed by atoms with Crippen LogP contribution in [0.2, 0.25) is 0 Å². The van der Waals surface area contributed by atoms with Crippen molar-refractivity contribution in [2.24, 2.45) is 21.9 Å². The van der Waals surface area contributed by atoms with Crippen molar-refractivity contribution >= 4 is 29.2 Å². The van der Waals surface area contributed by atoms with Gasteiger partial charge >= 0.3 is 5.97 Å². The standard InChI is InChI=1S/C28H39FN6O4/c1-28(2,3)24(26(37)38-4)35-25(36)23(30)21-13-12-20(39-15-7-5-6-14-33-27(31)32)16-22(21)34-17-18-8-10-19(29)11-9-18/h8-13,16,24,30,34H,5-7,14-15,17H2,1-4H3,(H,35,36)(H4,31,32,33). The fourth-order valence-electron chi connectivity index (χ4n) is 3.64. The molecule has 10 nitrogen and oxygen atoms in total. The Balaban J connectivity index is 2.18. The van der Waals surface area contributed by atoms with Gasteiger partial charge in [-0.1, -0.05) is 32.9 Å². The van der Waals surface area contributed by atoms with Crippen LogP contribution in [0.25, 0.3) is 0 Å². The summed E-state index contributed by atoms with van der Waals surface area (Å²) in [6.07, 6.45) is 2.50. The molecule has 0 aliphatic rings. The maximum Gasteiger partial charge on any atom is 0.328 e. The molecule has 0 fully saturated rings. The third-order valence-electron chi connectivity index (χ3n) is 5.83. The molecule has 2 rings (SSSR count). The van der Waals surface area contributed by atoms with Crippen LogP contribution in [0.3, 0.4) is 0 Å². The highest BCUT2D eigenvalue weighted by Gasteiger charge is 2.34. The fraction of sp³-hybridized carbons (Fsp3) is 0.429. The Morgan fingerprint density at radius 1 is 1.08 bits per heavy atom. The zero-order chi connectivity index (χ0) is 29.0. The molecular formula is C28H39FN6O4. The molecule has 0 bridgehead atoms. The Hall–Kier alpha value is -4.15. The van der Waals surface area contributed by atoms with Crippen LogP contribution < -0.4 is 26.8 Å². The molecule has 0 aliphatic heterocycles. The molecule has 1 amide bonds. The summed E-state index contributed by atoms with van der Waals surface area (Å²) in [5.74, 6) is -1.03. The van der Waals surface area contributed by atoms with Crippen molar-refractivity contribution in [3.63, 3.8) is 0 Å². The average molecular weight is 543 g/mol. The second-order valence-electron chi connectivity index (χ2n) is 10.1. The number of anilines is 1. The van der Waals surface area contributed by atoms with Gasteiger partial charge in [-0.05, 0) is 54.5 Å². The number of benzene rings is 2. The van der Waals surface area contributed by atoms with E-state index in [1.807, 2.05) is 0 Å². The van der Waals surface area contributed by atoms with E-state index in [0.29, 0.717) is 36.7 Å². The Kier molecular flexibility index (Phi) is 11.7. The number of guanidine groups is 1. The van der Waals surface area contributed by atoms with Crippen molar-refractivity contribution < 1.29 is 23.5 Å². The second kappa shape index (κ2) is 14.7. The van der Waals surface area contributed by atoms with E-state index in [2.05, 4.69) is 15.6 Å². The number of hydrogen-bond acceptors (Lipinski definition) is 7. The topological polar surface area (TPSA) is 165 Å². The lowest BCUT2D eigenvalue weighted by Gasteiger charge is -2.29. The van der Waals surface area contributed by atoms with Crippen LogP contribution in [0.4, 0.5) is 10.1 Å². The molecule has 39 heavy (non-hydrogen) atoms. The van der Waals surface area contributed by atoms with E-state index >= 15 is 0 Å². The summed E-state index contributed by atoms with van der Waals surface area (Å²) in [5, 5.41) is 14.4. The Morgan fingerprint density at radius 3 is 2.38 bits per heavy atom. The van der Waals surface area contributed by atoms with E-state index in [4.69, 9.17) is 26.4 Å². The molecule has 2 aromatic rings. The van der Waals surface area contributed by atoms with E-state index in [0.717, 1.165) is 24.8 Å². The Bertz CT molecular complexity index is 1160. The second-order valence-corrected chi connectivity index (χ2v) is 10.1. The van der Waals surface area contributed by atoms with Crippen LogP contribution in [0.15, 0.2) is 47.5 Å². The Labute approximate surface area is 228 Å². The molecule has 1 atom stereocenters. The number of esters is 1. The molecule has 2 aromatic carbocycles. The van der Waals surface area contributed by atoms with Gasteiger partial charge in [0.15, 0.2) is 5.96 Å². The van der Waals surface area contributed by atoms with Gasteiger partial charge in [0.2, 0.25) is 0 Å². The highest BCUT2D eigenvalue weighted by atomic mass is 19.1. The van der Waals surface area contributed by atoms with E-state index in [1.165, 1.54) is 19.2 Å². The van der Waals surface area contributed by atoms with Crippen LogP contribution in [0, 0.1) is 16.6 Å². The lowest BCUT2D eigenvalue weighted by atomic mass is 9.86. The first-order valence-electron chi connectivity index (χ1n) is 12.7. The molecule has 1 unspecified atom stereocenters. The van der Waals surface area contributed by atoms with Crippen molar-refractivity contribution in [1.29, 1.82) is 5.41 Å². The normalized spacial score (nSPS) is 11.7. The fourth-order valence-corrected chi connectivity index (χ4v) is 3.64. The smallest absolute Gasteiger partial charge is 0.328 e. The number of nitrogens with two attached hydrogens (primary N) is 2. The van der Waals surface area contributed by atoms with Crippen molar-refractivity contribution in [2.45, 2.75) is 52.6 Å². The summed E-state index contributed by atoms with van der Waals surface area (Å²) in [7, 11) is 1.25. The summed E-state index contributed by atoms with van der Waals surface area (Å²) < 4.78 is 24.1. The molecule has 0 heterocycles. The maximum absolute atomic E-state index is 13.3. The Morgan fingerprint density at radius 2 is 1.77 bits per heavy atom. The minimum Gasteiger partial charge on any atom is -0.494 e. The number of halogens is 1. The lowest BCUT2D eigenvalue weighted by Crippen LogP contribution is -2.51. The van der Waals surface area contributed by atoms with E-state index in [9.17, 15) is 14.0 Å². The van der Waals surface area contributed by atoms with Crippen molar-refractivity contribution in [3.8, 4) is 5.75 Å². The number of carbonyl (C=O) groups excluding carboxylic acids is 2. The van der Waals surface area contributed by atoms with Gasteiger partial charge in [-0.25, -0.2) is 9.18 Å². The highest BCUT2D eigenvalue weighted by Crippen LogP contribution is 2.26. The number of hydrogen-bond donors (Lipinski definition) is 5. The number of carbonyl (C=O) groups is 2. The number of aliphatic imine (C=N–C) groups is 1. The lowest BCUT2D eigenvalue weighted by molar-refractivity contribution is -0.147. The first-order valence-corrected chi connectivity index (χ1v) is 12.7. The number of amides is 1. The molecule has 212 valence electrons. The molecule has 0 aromatic heterocycles. The highest BCUT2D eigenvalue weighted by molar-refractivity contribution is 6.45. The van der Waals surface area contributed by atoms with Gasteiger partial charge in [0.05, 0.1) is 13.7 Å². The quantitative estimate of drug-likeness (QED) is 0.106. The molecule has 0 saturated heterocycles. The zero-order valence-electron chi connectivity index (χ0n) is 23.0. The summed E-state index contributed by atoms with van der Waals surface area (Å²) >= 11 is 0. The summed E-state index contributed by atoms with van der Waals surface area (Å²) in [5.41, 5.74) is 11.3. The number of methoxy groups -OCH3 is 1. The van der Waals surface area contributed by atoms with Gasteiger partial charge in [-0.15, -0.1) is 0 Å². The molecule has 0 aliphatic carbocycles. The monoisotopic (exact) mass is 542 g/mol. The van der Waals surface area contributed by atoms with Crippen molar-refractivity contribution in [1.82, 2.24) is 5.32 Å². The van der Waals surface area contributed by atoms with E-state index in [1.54, 1.807) is 51.1 Å². The number of nitrogens with zero attached hydrogens (tertiary/aromatic N) is 1. The summed E-state index contributed by atoms with van der Waals surface area (Å²) in [4.78, 5) is 29.3. The summed E-state index contributed by atoms with van der Waals surface area (Å²) in [6.45, 7) is 6.72. The van der Waals surface area contributed by atoms with Crippen LogP contribution in [0.5, 0.6) is 5.75 Å². The van der Waals surface area contributed by atoms with Gasteiger partial charge in [-0.3, -0.25) is 15.2 Å². The predicted octanol–water partition coefficient (Wildman–Crippen LogP) is 3.33. The van der Waals surface area contributed by atoms with Gasteiger partial charge in [0, 0.05) is 30.4 Å². The van der Waals surface area contributed by atoms with Crippen molar-refractivity contribution in [3.05, 3.63) is 59.4 Å². The number of unbranched alkanes of at least 4 members (excludes halogenated alkanes) is 2. The van der Waals surface area contributed by atoms with Gasteiger partial charge in [-0.2, -0.15) is 0 Å². The minimum absolute atomic E-state index is 0.0745. The summed E-state index contributed by atoms with van der Waals surface area (Å²) in [6, 6.07) is 10.1. The first kappa shape index (κ1) is 31.1. The van der Waals surface area contributed by atoms with Crippen LogP contribution in [-0.2, 0) is 20.9 Å². The van der Waals surface area contributed by atoms with Crippen LogP contribution >= 0.6 is 0 Å². The van der Waals surface area contributed by atoms with Crippen LogP contribution in [0.1, 0.15) is 51.2 Å². The number of nitrogens with one attached hydrogen (secondary N) is 3. The number of ether oxygens (including phenoxy) is 2. The third kappa shape index (κ3) is 10.3. The van der Waals surface area contributed by atoms with Crippen molar-refractivity contribution in [2.75, 3.05) is 25.6 Å². The maximum atomic E-state index is 13.3. The zero-order valence-corrected chi connectivity index (χ0v) is 23.0. The third-order valence-corrected chi connectivity index (χ3v) is 5.83. The molecule has 0 radical (unpaired) electrons. The molecular weight excluding hydrogens is 503 g/mol. The van der Waals surface area contributed by atoms with Crippen LogP contribution in [-0.4, -0.2) is 49.9 Å².